The fourth-order valence-corrected chi connectivity index (χ4v) is 4.00. The average molecular weight is 386 g/mol. The summed E-state index contributed by atoms with van der Waals surface area (Å²) in [6, 6.07) is 6.95. The molecule has 0 atom stereocenters. The van der Waals surface area contributed by atoms with E-state index >= 15 is 0 Å². The third kappa shape index (κ3) is 4.02. The topological polar surface area (TPSA) is 79.0 Å². The van der Waals surface area contributed by atoms with Gasteiger partial charge in [-0.15, -0.1) is 0 Å². The van der Waals surface area contributed by atoms with Gasteiger partial charge in [-0.05, 0) is 25.0 Å². The van der Waals surface area contributed by atoms with E-state index in [1.165, 1.54) is 0 Å². The van der Waals surface area contributed by atoms with Gasteiger partial charge in [-0.2, -0.15) is 0 Å². The van der Waals surface area contributed by atoms with E-state index in [0.29, 0.717) is 24.2 Å². The molecule has 0 N–H and O–H groups in total. The SMILES string of the molecule is O=C(CN1CCN(CCC(=O)n2c(=O)oc3ccccc32)CC1)N1CCCC1. The van der Waals surface area contributed by atoms with Crippen LogP contribution in [0.4, 0.5) is 0 Å². The number of hydrogen-bond acceptors (Lipinski definition) is 6. The Morgan fingerprint density at radius 1 is 0.893 bits per heavy atom. The van der Waals surface area contributed by atoms with Crippen LogP contribution in [-0.4, -0.2) is 83.4 Å². The van der Waals surface area contributed by atoms with Gasteiger partial charge in [0.1, 0.15) is 0 Å². The second-order valence-corrected chi connectivity index (χ2v) is 7.52. The summed E-state index contributed by atoms with van der Waals surface area (Å²) in [5.74, 6) is -0.648. The third-order valence-corrected chi connectivity index (χ3v) is 5.66. The van der Waals surface area contributed by atoms with Crippen LogP contribution in [0, 0.1) is 0 Å². The number of benzene rings is 1. The Bertz CT molecular complexity index is 904. The Balaban J connectivity index is 1.26. The highest BCUT2D eigenvalue weighted by molar-refractivity contribution is 5.89. The molecule has 1 aromatic carbocycles. The van der Waals surface area contributed by atoms with Crippen molar-refractivity contribution in [2.45, 2.75) is 19.3 Å². The number of nitrogens with zero attached hydrogens (tertiary/aromatic N) is 4. The monoisotopic (exact) mass is 386 g/mol. The first kappa shape index (κ1) is 18.9. The van der Waals surface area contributed by atoms with E-state index in [4.69, 9.17) is 4.42 Å². The lowest BCUT2D eigenvalue weighted by Gasteiger charge is -2.34. The Morgan fingerprint density at radius 3 is 2.32 bits per heavy atom. The van der Waals surface area contributed by atoms with Crippen molar-refractivity contribution < 1.29 is 14.0 Å². The van der Waals surface area contributed by atoms with Crippen LogP contribution < -0.4 is 5.76 Å². The molecule has 4 rings (SSSR count). The lowest BCUT2D eigenvalue weighted by atomic mass is 10.2. The highest BCUT2D eigenvalue weighted by atomic mass is 16.4. The molecule has 2 aliphatic heterocycles. The summed E-state index contributed by atoms with van der Waals surface area (Å²) in [5.41, 5.74) is 0.944. The molecule has 1 amide bonds. The van der Waals surface area contributed by atoms with Crippen molar-refractivity contribution in [3.8, 4) is 0 Å². The quantitative estimate of drug-likeness (QED) is 0.759. The number of oxazole rings is 1. The lowest BCUT2D eigenvalue weighted by Crippen LogP contribution is -2.50. The number of hydrogen-bond donors (Lipinski definition) is 0. The number of para-hydroxylation sites is 2. The van der Waals surface area contributed by atoms with Gasteiger partial charge in [0.15, 0.2) is 5.58 Å². The number of fused-ring (bicyclic) bond motifs is 1. The van der Waals surface area contributed by atoms with Crippen molar-refractivity contribution in [3.63, 3.8) is 0 Å². The summed E-state index contributed by atoms with van der Waals surface area (Å²) in [6.07, 6.45) is 2.49. The first-order chi connectivity index (χ1) is 13.6. The molecular weight excluding hydrogens is 360 g/mol. The van der Waals surface area contributed by atoms with Crippen molar-refractivity contribution in [1.82, 2.24) is 19.3 Å². The Kier molecular flexibility index (Phi) is 5.59. The van der Waals surface area contributed by atoms with E-state index in [0.717, 1.165) is 56.7 Å². The van der Waals surface area contributed by atoms with Crippen LogP contribution in [0.3, 0.4) is 0 Å². The number of amides is 1. The smallest absolute Gasteiger partial charge is 0.407 e. The molecule has 2 fully saturated rings. The fourth-order valence-electron chi connectivity index (χ4n) is 4.00. The molecule has 8 heteroatoms. The number of carbonyl (C=O) groups excluding carboxylic acids is 2. The van der Waals surface area contributed by atoms with Gasteiger partial charge in [-0.1, -0.05) is 12.1 Å². The third-order valence-electron chi connectivity index (χ3n) is 5.66. The zero-order chi connectivity index (χ0) is 19.5. The molecule has 0 radical (unpaired) electrons. The van der Waals surface area contributed by atoms with E-state index in [9.17, 15) is 14.4 Å². The Morgan fingerprint density at radius 2 is 1.57 bits per heavy atom. The van der Waals surface area contributed by atoms with Crippen LogP contribution in [0.5, 0.6) is 0 Å². The van der Waals surface area contributed by atoms with Crippen LogP contribution in [0.25, 0.3) is 11.1 Å². The van der Waals surface area contributed by atoms with Crippen molar-refractivity contribution >= 4 is 22.9 Å². The molecular formula is C20H26N4O4. The molecule has 150 valence electrons. The average Bonchev–Trinajstić information content (AvgIpc) is 3.34. The molecule has 3 heterocycles. The maximum atomic E-state index is 12.6. The molecule has 28 heavy (non-hydrogen) atoms. The van der Waals surface area contributed by atoms with Crippen LogP contribution in [0.1, 0.15) is 24.1 Å². The first-order valence-corrected chi connectivity index (χ1v) is 9.98. The van der Waals surface area contributed by atoms with E-state index in [1.54, 1.807) is 24.3 Å². The van der Waals surface area contributed by atoms with Crippen LogP contribution in [0.15, 0.2) is 33.5 Å². The molecule has 1 aromatic heterocycles. The van der Waals surface area contributed by atoms with Gasteiger partial charge >= 0.3 is 5.76 Å². The number of rotatable bonds is 5. The number of aromatic nitrogens is 1. The van der Waals surface area contributed by atoms with Gasteiger partial charge in [-0.25, -0.2) is 9.36 Å². The highest BCUT2D eigenvalue weighted by Crippen LogP contribution is 2.13. The molecule has 8 nitrogen and oxygen atoms in total. The van der Waals surface area contributed by atoms with Crippen molar-refractivity contribution in [2.24, 2.45) is 0 Å². The molecule has 0 saturated carbocycles. The van der Waals surface area contributed by atoms with Gasteiger partial charge in [-0.3, -0.25) is 14.5 Å². The van der Waals surface area contributed by atoms with Gasteiger partial charge in [0.05, 0.1) is 12.1 Å². The van der Waals surface area contributed by atoms with Gasteiger partial charge in [0, 0.05) is 52.2 Å². The first-order valence-electron chi connectivity index (χ1n) is 9.98. The minimum Gasteiger partial charge on any atom is -0.407 e. The van der Waals surface area contributed by atoms with Crippen molar-refractivity contribution in [1.29, 1.82) is 0 Å². The molecule has 0 spiro atoms. The fraction of sp³-hybridized carbons (Fsp3) is 0.550. The van der Waals surface area contributed by atoms with E-state index in [1.807, 2.05) is 4.90 Å². The van der Waals surface area contributed by atoms with Crippen LogP contribution >= 0.6 is 0 Å². The molecule has 0 aliphatic carbocycles. The standard InChI is InChI=1S/C20H26N4O4/c25-18(24-16-5-1-2-6-17(16)28-20(24)27)7-10-21-11-13-22(14-12-21)15-19(26)23-8-3-4-9-23/h1-2,5-6H,3-4,7-15H2. The minimum atomic E-state index is -0.628. The van der Waals surface area contributed by atoms with Gasteiger partial charge in [0.2, 0.25) is 11.8 Å². The summed E-state index contributed by atoms with van der Waals surface area (Å²) in [5, 5.41) is 0. The molecule has 2 aromatic rings. The predicted molar refractivity (Wildman–Crippen MR) is 104 cm³/mol. The molecule has 2 aliphatic rings. The summed E-state index contributed by atoms with van der Waals surface area (Å²) in [6.45, 7) is 6.15. The maximum absolute atomic E-state index is 12.6. The lowest BCUT2D eigenvalue weighted by molar-refractivity contribution is -0.131. The summed E-state index contributed by atoms with van der Waals surface area (Å²) in [7, 11) is 0. The largest absolute Gasteiger partial charge is 0.426 e. The minimum absolute atomic E-state index is 0.229. The summed E-state index contributed by atoms with van der Waals surface area (Å²) in [4.78, 5) is 43.2. The normalized spacial score (nSPS) is 18.8. The zero-order valence-corrected chi connectivity index (χ0v) is 16.0. The van der Waals surface area contributed by atoms with Crippen molar-refractivity contribution in [2.75, 3.05) is 52.4 Å². The van der Waals surface area contributed by atoms with Crippen LogP contribution in [0.2, 0.25) is 0 Å². The van der Waals surface area contributed by atoms with Crippen LogP contribution in [-0.2, 0) is 4.79 Å². The van der Waals surface area contributed by atoms with Gasteiger partial charge in [0.25, 0.3) is 0 Å². The second kappa shape index (κ2) is 8.28. The van der Waals surface area contributed by atoms with E-state index in [-0.39, 0.29) is 18.2 Å². The van der Waals surface area contributed by atoms with Gasteiger partial charge < -0.3 is 14.2 Å². The zero-order valence-electron chi connectivity index (χ0n) is 16.0. The number of piperazine rings is 1. The molecule has 0 bridgehead atoms. The molecule has 0 unspecified atom stereocenters. The molecule has 2 saturated heterocycles. The Hall–Kier alpha value is -2.45. The Labute approximate surface area is 163 Å². The number of likely N-dealkylation sites (tertiary alicyclic amines) is 1. The highest BCUT2D eigenvalue weighted by Gasteiger charge is 2.24. The summed E-state index contributed by atoms with van der Waals surface area (Å²) < 4.78 is 6.26. The maximum Gasteiger partial charge on any atom is 0.426 e. The second-order valence-electron chi connectivity index (χ2n) is 7.52. The number of carbonyl (C=O) groups is 2. The summed E-state index contributed by atoms with van der Waals surface area (Å²) >= 11 is 0. The van der Waals surface area contributed by atoms with E-state index < -0.39 is 5.76 Å². The van der Waals surface area contributed by atoms with E-state index in [2.05, 4.69) is 9.80 Å². The van der Waals surface area contributed by atoms with Crippen molar-refractivity contribution in [3.05, 3.63) is 34.8 Å². The predicted octanol–water partition coefficient (Wildman–Crippen LogP) is 0.865.